The Kier molecular flexibility index (Phi) is 5.81. The van der Waals surface area contributed by atoms with Crippen molar-refractivity contribution in [2.45, 2.75) is 26.3 Å². The number of rotatable bonds is 6. The number of hydrogen-bond donors (Lipinski definition) is 2. The molecule has 0 radical (unpaired) electrons. The van der Waals surface area contributed by atoms with E-state index >= 15 is 0 Å². The molecule has 1 heterocycles. The largest absolute Gasteiger partial charge is 0.344 e. The molecule has 0 spiro atoms. The van der Waals surface area contributed by atoms with Gasteiger partial charge in [0.2, 0.25) is 11.8 Å². The topological polar surface area (TPSA) is 71.1 Å². The fourth-order valence-electron chi connectivity index (χ4n) is 2.90. The van der Waals surface area contributed by atoms with Crippen molar-refractivity contribution in [2.75, 3.05) is 5.32 Å². The first kappa shape index (κ1) is 18.6. The van der Waals surface area contributed by atoms with E-state index in [2.05, 4.69) is 15.6 Å². The highest BCUT2D eigenvalue weighted by molar-refractivity contribution is 5.98. The predicted octanol–water partition coefficient (Wildman–Crippen LogP) is 3.56. The van der Waals surface area contributed by atoms with E-state index in [9.17, 15) is 9.59 Å². The van der Waals surface area contributed by atoms with Crippen LogP contribution in [0.5, 0.6) is 0 Å². The molecule has 0 aliphatic rings. The van der Waals surface area contributed by atoms with Crippen LogP contribution in [-0.4, -0.2) is 22.8 Å². The average Bonchev–Trinajstić information content (AvgIpc) is 2.66. The number of aromatic nitrogens is 1. The summed E-state index contributed by atoms with van der Waals surface area (Å²) in [5, 5.41) is 6.67. The lowest BCUT2D eigenvalue weighted by Gasteiger charge is -2.22. The van der Waals surface area contributed by atoms with Gasteiger partial charge in [0.1, 0.15) is 6.04 Å². The van der Waals surface area contributed by atoms with Gasteiger partial charge in [0.05, 0.1) is 23.8 Å². The van der Waals surface area contributed by atoms with E-state index < -0.39 is 6.04 Å². The number of pyridine rings is 1. The van der Waals surface area contributed by atoms with Gasteiger partial charge in [-0.1, -0.05) is 62.4 Å². The maximum absolute atomic E-state index is 12.7. The summed E-state index contributed by atoms with van der Waals surface area (Å²) in [4.78, 5) is 29.4. The van der Waals surface area contributed by atoms with Crippen LogP contribution >= 0.6 is 0 Å². The van der Waals surface area contributed by atoms with Crippen LogP contribution in [0.15, 0.2) is 66.9 Å². The molecular weight excluding hydrogens is 338 g/mol. The number of benzene rings is 2. The highest BCUT2D eigenvalue weighted by Crippen LogP contribution is 2.17. The third-order valence-electron chi connectivity index (χ3n) is 4.33. The molecule has 1 aromatic heterocycles. The van der Waals surface area contributed by atoms with Gasteiger partial charge in [0, 0.05) is 5.39 Å². The van der Waals surface area contributed by atoms with Crippen LogP contribution in [0.1, 0.15) is 19.4 Å². The third kappa shape index (κ3) is 4.91. The summed E-state index contributed by atoms with van der Waals surface area (Å²) in [7, 11) is 0. The Balaban J connectivity index is 1.68. The second-order valence-electron chi connectivity index (χ2n) is 6.86. The zero-order valence-electron chi connectivity index (χ0n) is 15.5. The van der Waals surface area contributed by atoms with Crippen molar-refractivity contribution >= 4 is 28.4 Å². The lowest BCUT2D eigenvalue weighted by Crippen LogP contribution is -2.47. The van der Waals surface area contributed by atoms with E-state index in [1.54, 1.807) is 6.20 Å². The van der Waals surface area contributed by atoms with Gasteiger partial charge in [-0.2, -0.15) is 0 Å². The minimum Gasteiger partial charge on any atom is -0.344 e. The Hall–Kier alpha value is -3.21. The molecule has 0 aliphatic heterocycles. The maximum Gasteiger partial charge on any atom is 0.247 e. The zero-order chi connectivity index (χ0) is 19.2. The van der Waals surface area contributed by atoms with Crippen LogP contribution in [-0.2, 0) is 16.0 Å². The summed E-state index contributed by atoms with van der Waals surface area (Å²) < 4.78 is 0. The van der Waals surface area contributed by atoms with Crippen LogP contribution in [0.25, 0.3) is 10.9 Å². The molecule has 27 heavy (non-hydrogen) atoms. The third-order valence-corrected chi connectivity index (χ3v) is 4.33. The Labute approximate surface area is 158 Å². The smallest absolute Gasteiger partial charge is 0.247 e. The van der Waals surface area contributed by atoms with Gasteiger partial charge in [0.25, 0.3) is 0 Å². The van der Waals surface area contributed by atoms with Gasteiger partial charge in [-0.3, -0.25) is 14.6 Å². The van der Waals surface area contributed by atoms with Crippen LogP contribution in [0.4, 0.5) is 5.69 Å². The second-order valence-corrected chi connectivity index (χ2v) is 6.86. The normalized spacial score (nSPS) is 12.0. The number of amides is 2. The maximum atomic E-state index is 12.7. The number of carbonyl (C=O) groups excluding carboxylic acids is 2. The van der Waals surface area contributed by atoms with Gasteiger partial charge in [-0.25, -0.2) is 0 Å². The Morgan fingerprint density at radius 1 is 1.00 bits per heavy atom. The van der Waals surface area contributed by atoms with Crippen molar-refractivity contribution in [3.63, 3.8) is 0 Å². The fraction of sp³-hybridized carbons (Fsp3) is 0.227. The first-order valence-electron chi connectivity index (χ1n) is 9.02. The number of hydrogen-bond acceptors (Lipinski definition) is 3. The van der Waals surface area contributed by atoms with Crippen molar-refractivity contribution in [1.29, 1.82) is 0 Å². The van der Waals surface area contributed by atoms with Crippen LogP contribution in [0, 0.1) is 5.92 Å². The first-order valence-corrected chi connectivity index (χ1v) is 9.02. The van der Waals surface area contributed by atoms with Crippen LogP contribution in [0.3, 0.4) is 0 Å². The molecule has 138 valence electrons. The molecule has 0 fully saturated rings. The van der Waals surface area contributed by atoms with E-state index in [1.807, 2.05) is 74.5 Å². The summed E-state index contributed by atoms with van der Waals surface area (Å²) in [5.41, 5.74) is 2.39. The number of fused-ring (bicyclic) bond motifs is 1. The SMILES string of the molecule is CC(C)C(NC(=O)Cc1ccccc1)C(=O)Nc1cnc2ccccc2c1. The van der Waals surface area contributed by atoms with E-state index in [1.165, 1.54) is 0 Å². The van der Waals surface area contributed by atoms with Crippen molar-refractivity contribution < 1.29 is 9.59 Å². The number of nitrogens with one attached hydrogen (secondary N) is 2. The molecule has 0 saturated heterocycles. The monoisotopic (exact) mass is 361 g/mol. The van der Waals surface area contributed by atoms with Crippen molar-refractivity contribution in [3.05, 3.63) is 72.4 Å². The van der Waals surface area contributed by atoms with Crippen molar-refractivity contribution in [2.24, 2.45) is 5.92 Å². The molecular formula is C22H23N3O2. The molecule has 5 heteroatoms. The minimum absolute atomic E-state index is 0.0434. The second kappa shape index (κ2) is 8.45. The Bertz CT molecular complexity index is 938. The van der Waals surface area contributed by atoms with E-state index in [0.29, 0.717) is 5.69 Å². The quantitative estimate of drug-likeness (QED) is 0.705. The van der Waals surface area contributed by atoms with Gasteiger partial charge < -0.3 is 10.6 Å². The molecule has 3 rings (SSSR count). The average molecular weight is 361 g/mol. The highest BCUT2D eigenvalue weighted by atomic mass is 16.2. The van der Waals surface area contributed by atoms with Crippen molar-refractivity contribution in [3.8, 4) is 0 Å². The van der Waals surface area contributed by atoms with E-state index in [4.69, 9.17) is 0 Å². The van der Waals surface area contributed by atoms with Gasteiger partial charge in [-0.15, -0.1) is 0 Å². The summed E-state index contributed by atoms with van der Waals surface area (Å²) in [6, 6.07) is 18.4. The van der Waals surface area contributed by atoms with E-state index in [0.717, 1.165) is 16.5 Å². The molecule has 1 atom stereocenters. The number of carbonyl (C=O) groups is 2. The molecule has 2 N–H and O–H groups in total. The molecule has 3 aromatic rings. The molecule has 1 unspecified atom stereocenters. The first-order chi connectivity index (χ1) is 13.0. The summed E-state index contributed by atoms with van der Waals surface area (Å²) in [6.07, 6.45) is 1.87. The molecule has 2 amide bonds. The standard InChI is InChI=1S/C22H23N3O2/c1-15(2)21(25-20(26)12-16-8-4-3-5-9-16)22(27)24-18-13-17-10-6-7-11-19(17)23-14-18/h3-11,13-15,21H,12H2,1-2H3,(H,24,27)(H,25,26). The molecule has 2 aromatic carbocycles. The predicted molar refractivity (Wildman–Crippen MR) is 107 cm³/mol. The Morgan fingerprint density at radius 2 is 1.70 bits per heavy atom. The minimum atomic E-state index is -0.618. The van der Waals surface area contributed by atoms with Gasteiger partial charge >= 0.3 is 0 Å². The lowest BCUT2D eigenvalue weighted by molar-refractivity contribution is -0.127. The number of anilines is 1. The Morgan fingerprint density at radius 3 is 2.44 bits per heavy atom. The van der Waals surface area contributed by atoms with Gasteiger partial charge in [0.15, 0.2) is 0 Å². The summed E-state index contributed by atoms with van der Waals surface area (Å²) in [6.45, 7) is 3.82. The molecule has 0 aliphatic carbocycles. The lowest BCUT2D eigenvalue weighted by atomic mass is 10.0. The fourth-order valence-corrected chi connectivity index (χ4v) is 2.90. The van der Waals surface area contributed by atoms with Crippen LogP contribution in [0.2, 0.25) is 0 Å². The summed E-state index contributed by atoms with van der Waals surface area (Å²) >= 11 is 0. The van der Waals surface area contributed by atoms with E-state index in [-0.39, 0.29) is 24.2 Å². The summed E-state index contributed by atoms with van der Waals surface area (Å²) in [5.74, 6) is -0.465. The highest BCUT2D eigenvalue weighted by Gasteiger charge is 2.24. The molecule has 0 bridgehead atoms. The molecule has 5 nitrogen and oxygen atoms in total. The van der Waals surface area contributed by atoms with Crippen LogP contribution < -0.4 is 10.6 Å². The number of para-hydroxylation sites is 1. The van der Waals surface area contributed by atoms with Gasteiger partial charge in [-0.05, 0) is 23.6 Å². The number of nitrogens with zero attached hydrogens (tertiary/aromatic N) is 1. The molecule has 0 saturated carbocycles. The zero-order valence-corrected chi connectivity index (χ0v) is 15.5. The van der Waals surface area contributed by atoms with Crippen molar-refractivity contribution in [1.82, 2.24) is 10.3 Å².